The molecular formula is C14H21NO. The first-order chi connectivity index (χ1) is 7.40. The number of rotatable bonds is 4. The van der Waals surface area contributed by atoms with Gasteiger partial charge in [-0.15, -0.1) is 0 Å². The second kappa shape index (κ2) is 5.26. The number of ketones is 1. The molecule has 0 aromatic heterocycles. The van der Waals surface area contributed by atoms with E-state index in [1.165, 1.54) is 0 Å². The smallest absolute Gasteiger partial charge is 0.164 e. The minimum atomic E-state index is 0.0754. The summed E-state index contributed by atoms with van der Waals surface area (Å²) in [5, 5.41) is 3.32. The number of carbonyl (C=O) groups excluding carboxylic acids is 1. The maximum absolute atomic E-state index is 11.9. The Kier molecular flexibility index (Phi) is 4.25. The van der Waals surface area contributed by atoms with Crippen LogP contribution in [0.25, 0.3) is 0 Å². The molecule has 0 atom stereocenters. The molecule has 0 aliphatic rings. The Morgan fingerprint density at radius 1 is 1.25 bits per heavy atom. The van der Waals surface area contributed by atoms with Crippen molar-refractivity contribution in [1.82, 2.24) is 5.32 Å². The van der Waals surface area contributed by atoms with Gasteiger partial charge in [-0.3, -0.25) is 4.79 Å². The maximum Gasteiger partial charge on any atom is 0.164 e. The van der Waals surface area contributed by atoms with E-state index in [1.54, 1.807) is 0 Å². The molecule has 0 bridgehead atoms. The molecule has 0 radical (unpaired) electrons. The van der Waals surface area contributed by atoms with Gasteiger partial charge in [-0.05, 0) is 33.3 Å². The third kappa shape index (κ3) is 4.15. The van der Waals surface area contributed by atoms with Gasteiger partial charge in [0.05, 0.1) is 0 Å². The van der Waals surface area contributed by atoms with Crippen LogP contribution in [0.4, 0.5) is 0 Å². The van der Waals surface area contributed by atoms with Crippen molar-refractivity contribution in [2.75, 3.05) is 6.54 Å². The summed E-state index contributed by atoms with van der Waals surface area (Å²) in [5.41, 5.74) is 1.98. The zero-order valence-electron chi connectivity index (χ0n) is 10.6. The number of nitrogens with one attached hydrogen (secondary N) is 1. The number of Topliss-reactive ketones (excluding diaryl/α,β-unsaturated/α-hetero) is 1. The largest absolute Gasteiger partial charge is 0.312 e. The summed E-state index contributed by atoms with van der Waals surface area (Å²) >= 11 is 0. The normalized spacial score (nSPS) is 11.5. The minimum Gasteiger partial charge on any atom is -0.312 e. The molecule has 1 N–H and O–H groups in total. The zero-order valence-corrected chi connectivity index (χ0v) is 10.6. The van der Waals surface area contributed by atoms with E-state index in [9.17, 15) is 4.79 Å². The molecule has 2 nitrogen and oxygen atoms in total. The highest BCUT2D eigenvalue weighted by molar-refractivity contribution is 5.97. The van der Waals surface area contributed by atoms with Gasteiger partial charge in [-0.25, -0.2) is 0 Å². The molecule has 1 aromatic carbocycles. The van der Waals surface area contributed by atoms with Gasteiger partial charge in [0.2, 0.25) is 0 Å². The Morgan fingerprint density at radius 2 is 1.88 bits per heavy atom. The molecule has 0 fully saturated rings. The fraction of sp³-hybridized carbons (Fsp3) is 0.500. The van der Waals surface area contributed by atoms with Crippen LogP contribution in [0.1, 0.15) is 43.1 Å². The molecular weight excluding hydrogens is 198 g/mol. The lowest BCUT2D eigenvalue weighted by atomic mass is 10.0. The van der Waals surface area contributed by atoms with Gasteiger partial charge in [0.1, 0.15) is 0 Å². The quantitative estimate of drug-likeness (QED) is 0.789. The molecule has 0 saturated heterocycles. The van der Waals surface area contributed by atoms with E-state index in [0.29, 0.717) is 6.42 Å². The van der Waals surface area contributed by atoms with E-state index in [1.807, 2.05) is 31.2 Å². The third-order valence-electron chi connectivity index (χ3n) is 2.45. The summed E-state index contributed by atoms with van der Waals surface area (Å²) in [6.07, 6.45) is 0.558. The lowest BCUT2D eigenvalue weighted by Gasteiger charge is -2.20. The van der Waals surface area contributed by atoms with Crippen LogP contribution in [0.5, 0.6) is 0 Å². The van der Waals surface area contributed by atoms with E-state index < -0.39 is 0 Å². The molecule has 2 heteroatoms. The monoisotopic (exact) mass is 219 g/mol. The molecule has 16 heavy (non-hydrogen) atoms. The van der Waals surface area contributed by atoms with Crippen molar-refractivity contribution in [3.63, 3.8) is 0 Å². The fourth-order valence-electron chi connectivity index (χ4n) is 1.57. The predicted octanol–water partition coefficient (Wildman–Crippen LogP) is 2.96. The molecule has 0 saturated carbocycles. The fourth-order valence-corrected chi connectivity index (χ4v) is 1.57. The van der Waals surface area contributed by atoms with E-state index in [-0.39, 0.29) is 11.3 Å². The SMILES string of the molecule is Cc1ccccc1C(=O)CCNC(C)(C)C. The minimum absolute atomic E-state index is 0.0754. The Bertz CT molecular complexity index is 363. The average molecular weight is 219 g/mol. The Hall–Kier alpha value is -1.15. The number of carbonyl (C=O) groups is 1. The Balaban J connectivity index is 2.51. The lowest BCUT2D eigenvalue weighted by Crippen LogP contribution is -2.37. The summed E-state index contributed by atoms with van der Waals surface area (Å²) < 4.78 is 0. The molecule has 0 unspecified atom stereocenters. The number of aryl methyl sites for hydroxylation is 1. The highest BCUT2D eigenvalue weighted by atomic mass is 16.1. The van der Waals surface area contributed by atoms with Crippen LogP contribution in [-0.4, -0.2) is 17.9 Å². The van der Waals surface area contributed by atoms with Gasteiger partial charge in [0.15, 0.2) is 5.78 Å². The van der Waals surface area contributed by atoms with E-state index in [0.717, 1.165) is 17.7 Å². The Labute approximate surface area is 98.1 Å². The second-order valence-electron chi connectivity index (χ2n) is 5.16. The van der Waals surface area contributed by atoms with Gasteiger partial charge in [0, 0.05) is 24.1 Å². The summed E-state index contributed by atoms with van der Waals surface area (Å²) in [5.74, 6) is 0.217. The van der Waals surface area contributed by atoms with Crippen LogP contribution in [0.15, 0.2) is 24.3 Å². The van der Waals surface area contributed by atoms with Gasteiger partial charge in [-0.2, -0.15) is 0 Å². The van der Waals surface area contributed by atoms with E-state index in [2.05, 4.69) is 26.1 Å². The summed E-state index contributed by atoms with van der Waals surface area (Å²) in [4.78, 5) is 11.9. The highest BCUT2D eigenvalue weighted by Crippen LogP contribution is 2.09. The number of benzene rings is 1. The van der Waals surface area contributed by atoms with Crippen LogP contribution in [0.3, 0.4) is 0 Å². The molecule has 0 spiro atoms. The van der Waals surface area contributed by atoms with Gasteiger partial charge in [-0.1, -0.05) is 24.3 Å². The molecule has 0 aliphatic carbocycles. The first-order valence-corrected chi connectivity index (χ1v) is 5.74. The van der Waals surface area contributed by atoms with Crippen molar-refractivity contribution >= 4 is 5.78 Å². The highest BCUT2D eigenvalue weighted by Gasteiger charge is 2.11. The Morgan fingerprint density at radius 3 is 2.44 bits per heavy atom. The predicted molar refractivity (Wildman–Crippen MR) is 67.9 cm³/mol. The second-order valence-corrected chi connectivity index (χ2v) is 5.16. The molecule has 1 aromatic rings. The van der Waals surface area contributed by atoms with Crippen molar-refractivity contribution in [3.8, 4) is 0 Å². The number of hydrogen-bond donors (Lipinski definition) is 1. The van der Waals surface area contributed by atoms with Gasteiger partial charge in [0.25, 0.3) is 0 Å². The molecule has 0 amide bonds. The third-order valence-corrected chi connectivity index (χ3v) is 2.45. The van der Waals surface area contributed by atoms with Crippen molar-refractivity contribution in [1.29, 1.82) is 0 Å². The van der Waals surface area contributed by atoms with Crippen LogP contribution in [0.2, 0.25) is 0 Å². The van der Waals surface area contributed by atoms with Crippen LogP contribution in [0, 0.1) is 6.92 Å². The molecule has 1 rings (SSSR count). The van der Waals surface area contributed by atoms with Crippen LogP contribution >= 0.6 is 0 Å². The summed E-state index contributed by atoms with van der Waals surface area (Å²) in [6.45, 7) is 9.02. The molecule has 0 aliphatic heterocycles. The zero-order chi connectivity index (χ0) is 12.2. The van der Waals surface area contributed by atoms with Crippen molar-refractivity contribution in [2.45, 2.75) is 39.7 Å². The van der Waals surface area contributed by atoms with E-state index in [4.69, 9.17) is 0 Å². The summed E-state index contributed by atoms with van der Waals surface area (Å²) in [6, 6.07) is 7.75. The van der Waals surface area contributed by atoms with Crippen molar-refractivity contribution < 1.29 is 4.79 Å². The van der Waals surface area contributed by atoms with E-state index >= 15 is 0 Å². The molecule has 88 valence electrons. The number of hydrogen-bond acceptors (Lipinski definition) is 2. The maximum atomic E-state index is 11.9. The van der Waals surface area contributed by atoms with Gasteiger partial charge < -0.3 is 5.32 Å². The standard InChI is InChI=1S/C14H21NO/c1-11-7-5-6-8-12(11)13(16)9-10-15-14(2,3)4/h5-8,15H,9-10H2,1-4H3. The van der Waals surface area contributed by atoms with Crippen LogP contribution < -0.4 is 5.32 Å². The topological polar surface area (TPSA) is 29.1 Å². The first kappa shape index (κ1) is 12.9. The van der Waals surface area contributed by atoms with Crippen molar-refractivity contribution in [3.05, 3.63) is 35.4 Å². The lowest BCUT2D eigenvalue weighted by molar-refractivity contribution is 0.0980. The summed E-state index contributed by atoms with van der Waals surface area (Å²) in [7, 11) is 0. The average Bonchev–Trinajstić information content (AvgIpc) is 2.16. The van der Waals surface area contributed by atoms with Crippen LogP contribution in [-0.2, 0) is 0 Å². The van der Waals surface area contributed by atoms with Gasteiger partial charge >= 0.3 is 0 Å². The molecule has 0 heterocycles. The van der Waals surface area contributed by atoms with Crippen molar-refractivity contribution in [2.24, 2.45) is 0 Å². The first-order valence-electron chi connectivity index (χ1n) is 5.74.